The molecule has 0 radical (unpaired) electrons. The SMILES string of the molecule is COc1ccccc1CCCNC(=O)C1(C)CC(=O)N=C2C=C(C)C=CN21. The smallest absolute Gasteiger partial charge is 0.250 e. The summed E-state index contributed by atoms with van der Waals surface area (Å²) in [6, 6.07) is 7.87. The number of para-hydroxylation sites is 1. The second-order valence-corrected chi connectivity index (χ2v) is 7.06. The van der Waals surface area contributed by atoms with Gasteiger partial charge in [0.15, 0.2) is 0 Å². The number of methoxy groups -OCH3 is 1. The Morgan fingerprint density at radius 3 is 2.93 bits per heavy atom. The molecule has 1 atom stereocenters. The molecule has 6 heteroatoms. The molecule has 2 heterocycles. The number of carbonyl (C=O) groups is 2. The van der Waals surface area contributed by atoms with Crippen LogP contribution in [0.5, 0.6) is 5.75 Å². The van der Waals surface area contributed by atoms with E-state index in [2.05, 4.69) is 10.3 Å². The fourth-order valence-corrected chi connectivity index (χ4v) is 3.41. The van der Waals surface area contributed by atoms with E-state index in [1.807, 2.05) is 49.5 Å². The lowest BCUT2D eigenvalue weighted by Crippen LogP contribution is -2.60. The minimum atomic E-state index is -0.966. The Hall–Kier alpha value is -2.89. The van der Waals surface area contributed by atoms with Crippen LogP contribution in [0.25, 0.3) is 0 Å². The lowest BCUT2D eigenvalue weighted by Gasteiger charge is -2.42. The Morgan fingerprint density at radius 2 is 2.15 bits per heavy atom. The van der Waals surface area contributed by atoms with Crippen molar-refractivity contribution < 1.29 is 14.3 Å². The van der Waals surface area contributed by atoms with Crippen LogP contribution in [0.2, 0.25) is 0 Å². The first-order valence-electron chi connectivity index (χ1n) is 9.11. The quantitative estimate of drug-likeness (QED) is 0.785. The van der Waals surface area contributed by atoms with Gasteiger partial charge in [-0.15, -0.1) is 0 Å². The van der Waals surface area contributed by atoms with Crippen molar-refractivity contribution in [3.63, 3.8) is 0 Å². The van der Waals surface area contributed by atoms with Gasteiger partial charge in [0, 0.05) is 12.7 Å². The van der Waals surface area contributed by atoms with E-state index in [1.165, 1.54) is 0 Å². The molecular weight excluding hydrogens is 342 g/mol. The molecular formula is C21H25N3O3. The molecule has 1 unspecified atom stereocenters. The van der Waals surface area contributed by atoms with Gasteiger partial charge < -0.3 is 15.0 Å². The van der Waals surface area contributed by atoms with Gasteiger partial charge in [-0.3, -0.25) is 9.59 Å². The highest BCUT2D eigenvalue weighted by Crippen LogP contribution is 2.29. The molecule has 0 saturated heterocycles. The highest BCUT2D eigenvalue weighted by molar-refractivity contribution is 6.09. The monoisotopic (exact) mass is 367 g/mol. The topological polar surface area (TPSA) is 71.0 Å². The van der Waals surface area contributed by atoms with E-state index in [0.29, 0.717) is 12.4 Å². The van der Waals surface area contributed by atoms with Gasteiger partial charge in [-0.1, -0.05) is 18.2 Å². The number of hydrogen-bond acceptors (Lipinski definition) is 4. The number of amidine groups is 1. The molecule has 0 bridgehead atoms. The molecule has 0 spiro atoms. The van der Waals surface area contributed by atoms with E-state index in [-0.39, 0.29) is 18.2 Å². The largest absolute Gasteiger partial charge is 0.496 e. The minimum absolute atomic E-state index is 0.0616. The van der Waals surface area contributed by atoms with Crippen LogP contribution in [-0.2, 0) is 16.0 Å². The Balaban J connectivity index is 1.61. The molecule has 0 fully saturated rings. The summed E-state index contributed by atoms with van der Waals surface area (Å²) in [5, 5.41) is 2.98. The number of rotatable bonds is 6. The van der Waals surface area contributed by atoms with Crippen molar-refractivity contribution in [2.45, 2.75) is 38.6 Å². The van der Waals surface area contributed by atoms with Crippen LogP contribution >= 0.6 is 0 Å². The first kappa shape index (κ1) is 18.9. The van der Waals surface area contributed by atoms with Gasteiger partial charge in [-0.25, -0.2) is 0 Å². The van der Waals surface area contributed by atoms with Crippen LogP contribution < -0.4 is 10.1 Å². The maximum absolute atomic E-state index is 12.9. The van der Waals surface area contributed by atoms with Gasteiger partial charge in [0.05, 0.1) is 13.5 Å². The molecule has 3 rings (SSSR count). The van der Waals surface area contributed by atoms with Crippen LogP contribution in [0.4, 0.5) is 0 Å². The average Bonchev–Trinajstić information content (AvgIpc) is 2.64. The lowest BCUT2D eigenvalue weighted by atomic mass is 9.90. The molecule has 1 aromatic carbocycles. The van der Waals surface area contributed by atoms with Crippen molar-refractivity contribution in [3.8, 4) is 5.75 Å². The van der Waals surface area contributed by atoms with Crippen LogP contribution in [0.15, 0.2) is 53.2 Å². The average molecular weight is 367 g/mol. The highest BCUT2D eigenvalue weighted by atomic mass is 16.5. The van der Waals surface area contributed by atoms with E-state index >= 15 is 0 Å². The number of nitrogens with zero attached hydrogens (tertiary/aromatic N) is 2. The molecule has 6 nitrogen and oxygen atoms in total. The van der Waals surface area contributed by atoms with E-state index in [0.717, 1.165) is 29.7 Å². The summed E-state index contributed by atoms with van der Waals surface area (Å²) in [5.41, 5.74) is 1.15. The number of allylic oxidation sites excluding steroid dienone is 2. The van der Waals surface area contributed by atoms with Gasteiger partial charge in [0.2, 0.25) is 5.91 Å². The molecule has 27 heavy (non-hydrogen) atoms. The Labute approximate surface area is 159 Å². The van der Waals surface area contributed by atoms with Crippen LogP contribution in [0.3, 0.4) is 0 Å². The van der Waals surface area contributed by atoms with Gasteiger partial charge in [-0.05, 0) is 56.0 Å². The van der Waals surface area contributed by atoms with Crippen molar-refractivity contribution in [2.75, 3.05) is 13.7 Å². The molecule has 2 aliphatic rings. The minimum Gasteiger partial charge on any atom is -0.496 e. The predicted molar refractivity (Wildman–Crippen MR) is 105 cm³/mol. The zero-order valence-electron chi connectivity index (χ0n) is 16.0. The number of aliphatic imine (C=N–C) groups is 1. The fourth-order valence-electron chi connectivity index (χ4n) is 3.41. The summed E-state index contributed by atoms with van der Waals surface area (Å²) in [6.07, 6.45) is 7.22. The molecule has 0 aromatic heterocycles. The summed E-state index contributed by atoms with van der Waals surface area (Å²) in [5.74, 6) is 0.946. The first-order valence-corrected chi connectivity index (χ1v) is 9.11. The number of benzene rings is 1. The zero-order chi connectivity index (χ0) is 19.4. The lowest BCUT2D eigenvalue weighted by molar-refractivity contribution is -0.134. The predicted octanol–water partition coefficient (Wildman–Crippen LogP) is 2.61. The third kappa shape index (κ3) is 3.94. The van der Waals surface area contributed by atoms with E-state index < -0.39 is 5.54 Å². The van der Waals surface area contributed by atoms with Crippen molar-refractivity contribution in [1.29, 1.82) is 0 Å². The van der Waals surface area contributed by atoms with Crippen LogP contribution in [-0.4, -0.2) is 41.7 Å². The first-order chi connectivity index (χ1) is 12.9. The third-order valence-corrected chi connectivity index (χ3v) is 4.95. The van der Waals surface area contributed by atoms with Gasteiger partial charge >= 0.3 is 0 Å². The molecule has 0 aliphatic carbocycles. The normalized spacial score (nSPS) is 21.3. The summed E-state index contributed by atoms with van der Waals surface area (Å²) in [4.78, 5) is 30.8. The van der Waals surface area contributed by atoms with Crippen molar-refractivity contribution >= 4 is 17.6 Å². The van der Waals surface area contributed by atoms with Gasteiger partial charge in [0.1, 0.15) is 17.1 Å². The Morgan fingerprint density at radius 1 is 1.37 bits per heavy atom. The maximum Gasteiger partial charge on any atom is 0.250 e. The number of hydrogen-bond donors (Lipinski definition) is 1. The molecule has 142 valence electrons. The molecule has 2 amide bonds. The number of amides is 2. The molecule has 2 aliphatic heterocycles. The summed E-state index contributed by atoms with van der Waals surface area (Å²) >= 11 is 0. The van der Waals surface area contributed by atoms with Crippen molar-refractivity contribution in [2.24, 2.45) is 4.99 Å². The van der Waals surface area contributed by atoms with Crippen LogP contribution in [0.1, 0.15) is 32.3 Å². The van der Waals surface area contributed by atoms with E-state index in [9.17, 15) is 9.59 Å². The molecule has 1 N–H and O–H groups in total. The number of carbonyl (C=O) groups excluding carboxylic acids is 2. The second-order valence-electron chi connectivity index (χ2n) is 7.06. The zero-order valence-corrected chi connectivity index (χ0v) is 16.0. The van der Waals surface area contributed by atoms with Crippen LogP contribution in [0, 0.1) is 0 Å². The van der Waals surface area contributed by atoms with E-state index in [1.54, 1.807) is 18.9 Å². The number of nitrogens with one attached hydrogen (secondary N) is 1. The summed E-state index contributed by atoms with van der Waals surface area (Å²) in [6.45, 7) is 4.25. The maximum atomic E-state index is 12.9. The molecule has 0 saturated carbocycles. The third-order valence-electron chi connectivity index (χ3n) is 4.95. The van der Waals surface area contributed by atoms with Crippen molar-refractivity contribution in [1.82, 2.24) is 10.2 Å². The number of fused-ring (bicyclic) bond motifs is 1. The Kier molecular flexibility index (Phi) is 5.44. The highest BCUT2D eigenvalue weighted by Gasteiger charge is 2.45. The summed E-state index contributed by atoms with van der Waals surface area (Å²) < 4.78 is 5.36. The van der Waals surface area contributed by atoms with Gasteiger partial charge in [0.25, 0.3) is 5.91 Å². The van der Waals surface area contributed by atoms with Crippen molar-refractivity contribution in [3.05, 3.63) is 53.8 Å². The van der Waals surface area contributed by atoms with Gasteiger partial charge in [-0.2, -0.15) is 4.99 Å². The van der Waals surface area contributed by atoms with E-state index in [4.69, 9.17) is 4.74 Å². The summed E-state index contributed by atoms with van der Waals surface area (Å²) in [7, 11) is 1.66. The molecule has 1 aromatic rings. The second kappa shape index (κ2) is 7.78. The standard InChI is InChI=1S/C21H25N3O3/c1-15-10-12-24-18(13-15)23-19(25)14-21(24,2)20(26)22-11-6-8-16-7-4-5-9-17(16)27-3/h4-5,7,9-10,12-13H,6,8,11,14H2,1-3H3,(H,22,26). The number of aryl methyl sites for hydroxylation is 1. The Bertz CT molecular complexity index is 841. The number of ether oxygens (including phenoxy) is 1. The fraction of sp³-hybridized carbons (Fsp3) is 0.381.